The van der Waals surface area contributed by atoms with Gasteiger partial charge in [-0.05, 0) is 26.2 Å². The molecule has 0 saturated carbocycles. The van der Waals surface area contributed by atoms with Crippen molar-refractivity contribution in [1.29, 1.82) is 0 Å². The van der Waals surface area contributed by atoms with Crippen molar-refractivity contribution in [3.05, 3.63) is 24.2 Å². The molecule has 1 N–H and O–H groups in total. The SMILES string of the molecule is CN1CCN(c2cc(-c3nc(C4CNCCN4C)no3)ccn2)CC1. The van der Waals surface area contributed by atoms with E-state index in [1.165, 1.54) is 0 Å². The molecule has 2 aromatic heterocycles. The number of nitrogens with one attached hydrogen (secondary N) is 1. The lowest BCUT2D eigenvalue weighted by atomic mass is 10.2. The van der Waals surface area contributed by atoms with E-state index in [1.807, 2.05) is 18.3 Å². The summed E-state index contributed by atoms with van der Waals surface area (Å²) >= 11 is 0. The zero-order chi connectivity index (χ0) is 17.2. The molecule has 2 aliphatic rings. The van der Waals surface area contributed by atoms with E-state index in [9.17, 15) is 0 Å². The first-order chi connectivity index (χ1) is 12.2. The molecule has 0 aliphatic carbocycles. The third kappa shape index (κ3) is 3.51. The van der Waals surface area contributed by atoms with Crippen LogP contribution in [0, 0.1) is 0 Å². The molecule has 2 saturated heterocycles. The minimum absolute atomic E-state index is 0.158. The van der Waals surface area contributed by atoms with Crippen molar-refractivity contribution >= 4 is 5.82 Å². The van der Waals surface area contributed by atoms with Gasteiger partial charge >= 0.3 is 0 Å². The van der Waals surface area contributed by atoms with Crippen LogP contribution in [-0.4, -0.2) is 84.8 Å². The average Bonchev–Trinajstić information content (AvgIpc) is 3.13. The highest BCUT2D eigenvalue weighted by atomic mass is 16.5. The van der Waals surface area contributed by atoms with Crippen molar-refractivity contribution in [2.75, 3.05) is 64.8 Å². The van der Waals surface area contributed by atoms with Crippen LogP contribution in [0.15, 0.2) is 22.9 Å². The van der Waals surface area contributed by atoms with E-state index in [0.29, 0.717) is 5.89 Å². The van der Waals surface area contributed by atoms with Gasteiger partial charge in [0.2, 0.25) is 0 Å². The molecule has 1 unspecified atom stereocenters. The highest BCUT2D eigenvalue weighted by Crippen LogP contribution is 2.25. The Morgan fingerprint density at radius 3 is 2.80 bits per heavy atom. The van der Waals surface area contributed by atoms with E-state index in [0.717, 1.165) is 63.0 Å². The van der Waals surface area contributed by atoms with Crippen LogP contribution in [0.5, 0.6) is 0 Å². The van der Waals surface area contributed by atoms with Crippen LogP contribution in [0.1, 0.15) is 11.9 Å². The molecule has 1 atom stereocenters. The predicted octanol–water partition coefficient (Wildman–Crippen LogP) is 0.460. The number of pyridine rings is 1. The zero-order valence-corrected chi connectivity index (χ0v) is 14.9. The van der Waals surface area contributed by atoms with E-state index in [4.69, 9.17) is 4.52 Å². The molecule has 2 aromatic rings. The highest BCUT2D eigenvalue weighted by molar-refractivity contribution is 5.58. The lowest BCUT2D eigenvalue weighted by molar-refractivity contribution is 0.190. The lowest BCUT2D eigenvalue weighted by Crippen LogP contribution is -2.44. The average molecular weight is 343 g/mol. The van der Waals surface area contributed by atoms with Gasteiger partial charge in [-0.3, -0.25) is 4.90 Å². The van der Waals surface area contributed by atoms with Crippen LogP contribution >= 0.6 is 0 Å². The zero-order valence-electron chi connectivity index (χ0n) is 14.9. The monoisotopic (exact) mass is 343 g/mol. The predicted molar refractivity (Wildman–Crippen MR) is 95.5 cm³/mol. The Morgan fingerprint density at radius 2 is 2.00 bits per heavy atom. The first kappa shape index (κ1) is 16.4. The molecule has 134 valence electrons. The van der Waals surface area contributed by atoms with Crippen LogP contribution in [0.25, 0.3) is 11.5 Å². The number of aromatic nitrogens is 3. The summed E-state index contributed by atoms with van der Waals surface area (Å²) < 4.78 is 5.54. The summed E-state index contributed by atoms with van der Waals surface area (Å²) in [4.78, 5) is 16.1. The van der Waals surface area contributed by atoms with Crippen molar-refractivity contribution in [3.8, 4) is 11.5 Å². The fourth-order valence-electron chi connectivity index (χ4n) is 3.34. The number of rotatable bonds is 3. The molecule has 0 radical (unpaired) electrons. The molecular formula is C17H25N7O. The van der Waals surface area contributed by atoms with Crippen molar-refractivity contribution in [3.63, 3.8) is 0 Å². The molecular weight excluding hydrogens is 318 g/mol. The van der Waals surface area contributed by atoms with Gasteiger partial charge in [-0.2, -0.15) is 4.98 Å². The first-order valence-electron chi connectivity index (χ1n) is 8.85. The second kappa shape index (κ2) is 7.07. The van der Waals surface area contributed by atoms with E-state index < -0.39 is 0 Å². The standard InChI is InChI=1S/C17H25N7O/c1-22-7-9-24(10-8-22)15-11-13(3-4-19-15)17-20-16(21-25-17)14-12-18-5-6-23(14)2/h3-4,11,14,18H,5-10,12H2,1-2H3. The molecule has 2 aliphatic heterocycles. The normalized spacial score (nSPS) is 23.1. The Labute approximate surface area is 147 Å². The smallest absolute Gasteiger partial charge is 0.258 e. The van der Waals surface area contributed by atoms with E-state index in [2.05, 4.69) is 49.2 Å². The molecule has 8 heteroatoms. The first-order valence-corrected chi connectivity index (χ1v) is 8.85. The second-order valence-electron chi connectivity index (χ2n) is 6.85. The van der Waals surface area contributed by atoms with Gasteiger partial charge in [0.1, 0.15) is 5.82 Å². The number of anilines is 1. The number of hydrogen-bond donors (Lipinski definition) is 1. The quantitative estimate of drug-likeness (QED) is 0.862. The van der Waals surface area contributed by atoms with Crippen molar-refractivity contribution in [1.82, 2.24) is 30.2 Å². The van der Waals surface area contributed by atoms with Gasteiger partial charge in [0.05, 0.1) is 6.04 Å². The van der Waals surface area contributed by atoms with Gasteiger partial charge in [-0.15, -0.1) is 0 Å². The van der Waals surface area contributed by atoms with E-state index in [-0.39, 0.29) is 6.04 Å². The Balaban J connectivity index is 1.53. The molecule has 4 heterocycles. The molecule has 0 bridgehead atoms. The minimum Gasteiger partial charge on any atom is -0.354 e. The van der Waals surface area contributed by atoms with Crippen molar-refractivity contribution < 1.29 is 4.52 Å². The molecule has 4 rings (SSSR count). The Bertz CT molecular complexity index is 711. The second-order valence-corrected chi connectivity index (χ2v) is 6.85. The molecule has 2 fully saturated rings. The van der Waals surface area contributed by atoms with Crippen LogP contribution in [0.4, 0.5) is 5.82 Å². The fraction of sp³-hybridized carbons (Fsp3) is 0.588. The van der Waals surface area contributed by atoms with Crippen LogP contribution in [-0.2, 0) is 0 Å². The maximum absolute atomic E-state index is 5.54. The van der Waals surface area contributed by atoms with Gasteiger partial charge in [-0.25, -0.2) is 4.98 Å². The number of nitrogens with zero attached hydrogens (tertiary/aromatic N) is 6. The highest BCUT2D eigenvalue weighted by Gasteiger charge is 2.25. The molecule has 0 aromatic carbocycles. The fourth-order valence-corrected chi connectivity index (χ4v) is 3.34. The Morgan fingerprint density at radius 1 is 1.16 bits per heavy atom. The van der Waals surface area contributed by atoms with Gasteiger partial charge in [0.25, 0.3) is 5.89 Å². The Kier molecular flexibility index (Phi) is 4.65. The number of likely N-dealkylation sites (N-methyl/N-ethyl adjacent to an activating group) is 2. The molecule has 8 nitrogen and oxygen atoms in total. The van der Waals surface area contributed by atoms with Crippen LogP contribution in [0.3, 0.4) is 0 Å². The Hall–Kier alpha value is -2.03. The van der Waals surface area contributed by atoms with Crippen LogP contribution < -0.4 is 10.2 Å². The minimum atomic E-state index is 0.158. The van der Waals surface area contributed by atoms with Crippen molar-refractivity contribution in [2.24, 2.45) is 0 Å². The molecule has 0 spiro atoms. The van der Waals surface area contributed by atoms with Gasteiger partial charge in [0.15, 0.2) is 5.82 Å². The van der Waals surface area contributed by atoms with Crippen molar-refractivity contribution in [2.45, 2.75) is 6.04 Å². The summed E-state index contributed by atoms with van der Waals surface area (Å²) in [5, 5.41) is 7.59. The van der Waals surface area contributed by atoms with E-state index >= 15 is 0 Å². The maximum Gasteiger partial charge on any atom is 0.258 e. The van der Waals surface area contributed by atoms with Gasteiger partial charge in [-0.1, -0.05) is 5.16 Å². The van der Waals surface area contributed by atoms with Crippen LogP contribution in [0.2, 0.25) is 0 Å². The maximum atomic E-state index is 5.54. The van der Waals surface area contributed by atoms with E-state index in [1.54, 1.807) is 0 Å². The third-order valence-corrected chi connectivity index (χ3v) is 5.07. The molecule has 25 heavy (non-hydrogen) atoms. The summed E-state index contributed by atoms with van der Waals surface area (Å²) in [5.74, 6) is 2.27. The molecule has 0 amide bonds. The summed E-state index contributed by atoms with van der Waals surface area (Å²) in [6.07, 6.45) is 1.82. The lowest BCUT2D eigenvalue weighted by Gasteiger charge is -2.33. The number of piperazine rings is 2. The largest absolute Gasteiger partial charge is 0.354 e. The summed E-state index contributed by atoms with van der Waals surface area (Å²) in [5.41, 5.74) is 0.925. The summed E-state index contributed by atoms with van der Waals surface area (Å²) in [6, 6.07) is 4.13. The topological polar surface area (TPSA) is 73.6 Å². The summed E-state index contributed by atoms with van der Waals surface area (Å²) in [7, 11) is 4.25. The van der Waals surface area contributed by atoms with Gasteiger partial charge < -0.3 is 19.6 Å². The summed E-state index contributed by atoms with van der Waals surface area (Å²) in [6.45, 7) is 6.91. The number of hydrogen-bond acceptors (Lipinski definition) is 8. The van der Waals surface area contributed by atoms with Gasteiger partial charge in [0, 0.05) is 57.6 Å². The third-order valence-electron chi connectivity index (χ3n) is 5.07.